The highest BCUT2D eigenvalue weighted by molar-refractivity contribution is 5.93. The van der Waals surface area contributed by atoms with Crippen LogP contribution in [0.15, 0.2) is 41.5 Å². The van der Waals surface area contributed by atoms with Gasteiger partial charge < -0.3 is 5.32 Å². The van der Waals surface area contributed by atoms with Crippen LogP contribution < -0.4 is 10.6 Å². The molecule has 2 aromatic heterocycles. The van der Waals surface area contributed by atoms with Crippen LogP contribution in [0.1, 0.15) is 22.5 Å². The molecule has 0 radical (unpaired) electrons. The normalized spacial score (nSPS) is 14.7. The molecule has 138 valence electrons. The molecule has 0 saturated carbocycles. The van der Waals surface area contributed by atoms with Crippen molar-refractivity contribution in [2.24, 2.45) is 4.99 Å². The van der Waals surface area contributed by atoms with Gasteiger partial charge >= 0.3 is 0 Å². The maximum Gasteiger partial charge on any atom is 0.230 e. The number of hydrogen-bond donors (Lipinski definition) is 2. The summed E-state index contributed by atoms with van der Waals surface area (Å²) in [6.45, 7) is 8.26. The van der Waals surface area contributed by atoms with Gasteiger partial charge in [-0.2, -0.15) is 0 Å². The molecule has 7 heteroatoms. The fraction of sp³-hybridized carbons (Fsp3) is 0.300. The molecule has 7 nitrogen and oxygen atoms in total. The van der Waals surface area contributed by atoms with Crippen LogP contribution in [0.4, 0.5) is 5.95 Å². The number of nitrogens with zero attached hydrogens (tertiary/aromatic N) is 5. The molecule has 0 saturated heterocycles. The summed E-state index contributed by atoms with van der Waals surface area (Å²) in [7, 11) is 0. The Balaban J connectivity index is 1.47. The van der Waals surface area contributed by atoms with E-state index in [1.165, 1.54) is 11.1 Å². The highest BCUT2D eigenvalue weighted by Crippen LogP contribution is 2.21. The predicted molar refractivity (Wildman–Crippen MR) is 107 cm³/mol. The number of nitrogens with one attached hydrogen (secondary N) is 2. The molecule has 4 rings (SSSR count). The maximum atomic E-state index is 4.65. The van der Waals surface area contributed by atoms with E-state index in [1.807, 2.05) is 31.3 Å². The number of hydrogen-bond acceptors (Lipinski definition) is 7. The molecule has 0 bridgehead atoms. The fourth-order valence-corrected chi connectivity index (χ4v) is 3.08. The molecule has 0 atom stereocenters. The minimum atomic E-state index is 0.563. The molecule has 0 fully saturated rings. The van der Waals surface area contributed by atoms with E-state index in [1.54, 1.807) is 0 Å². The Kier molecular flexibility index (Phi) is 4.68. The zero-order chi connectivity index (χ0) is 18.8. The Labute approximate surface area is 158 Å². The van der Waals surface area contributed by atoms with Crippen molar-refractivity contribution in [2.45, 2.75) is 27.3 Å². The van der Waals surface area contributed by atoms with Crippen molar-refractivity contribution in [3.8, 4) is 0 Å². The minimum Gasteiger partial charge on any atom is -0.343 e. The first-order valence-electron chi connectivity index (χ1n) is 9.02. The second-order valence-electron chi connectivity index (χ2n) is 6.84. The third-order valence-corrected chi connectivity index (χ3v) is 4.74. The van der Waals surface area contributed by atoms with Gasteiger partial charge in [0.25, 0.3) is 0 Å². The monoisotopic (exact) mass is 361 g/mol. The summed E-state index contributed by atoms with van der Waals surface area (Å²) < 4.78 is 0. The Morgan fingerprint density at radius 3 is 2.70 bits per heavy atom. The summed E-state index contributed by atoms with van der Waals surface area (Å²) in [5, 5.41) is 7.58. The van der Waals surface area contributed by atoms with Crippen LogP contribution in [0.25, 0.3) is 10.9 Å². The highest BCUT2D eigenvalue weighted by atomic mass is 15.4. The van der Waals surface area contributed by atoms with Gasteiger partial charge in [-0.25, -0.2) is 15.0 Å². The van der Waals surface area contributed by atoms with Crippen LogP contribution in [0.5, 0.6) is 0 Å². The van der Waals surface area contributed by atoms with Gasteiger partial charge in [0.15, 0.2) is 0 Å². The van der Waals surface area contributed by atoms with Crippen LogP contribution >= 0.6 is 0 Å². The Morgan fingerprint density at radius 2 is 1.96 bits per heavy atom. The summed E-state index contributed by atoms with van der Waals surface area (Å²) in [4.78, 5) is 20.3. The van der Waals surface area contributed by atoms with E-state index in [0.717, 1.165) is 28.8 Å². The number of guanidine groups is 1. The second kappa shape index (κ2) is 7.28. The number of aromatic nitrogens is 3. The Morgan fingerprint density at radius 1 is 1.11 bits per heavy atom. The SMILES string of the molecule is Cc1cc2nc(NC3=NCN(Cc4ccccn4)CN3)nc(C)c2cc1C. The van der Waals surface area contributed by atoms with E-state index in [-0.39, 0.29) is 0 Å². The second-order valence-corrected chi connectivity index (χ2v) is 6.84. The van der Waals surface area contributed by atoms with Crippen molar-refractivity contribution in [3.63, 3.8) is 0 Å². The van der Waals surface area contributed by atoms with Gasteiger partial charge in [0.05, 0.1) is 30.2 Å². The third-order valence-electron chi connectivity index (χ3n) is 4.74. The molecule has 0 amide bonds. The van der Waals surface area contributed by atoms with Gasteiger partial charge in [-0.15, -0.1) is 0 Å². The van der Waals surface area contributed by atoms with Crippen LogP contribution in [0.3, 0.4) is 0 Å². The van der Waals surface area contributed by atoms with Gasteiger partial charge in [0.2, 0.25) is 11.9 Å². The lowest BCUT2D eigenvalue weighted by atomic mass is 10.1. The van der Waals surface area contributed by atoms with Gasteiger partial charge in [-0.05, 0) is 56.2 Å². The summed E-state index contributed by atoms with van der Waals surface area (Å²) >= 11 is 0. The van der Waals surface area contributed by atoms with Crippen molar-refractivity contribution >= 4 is 22.8 Å². The molecule has 0 aliphatic carbocycles. The van der Waals surface area contributed by atoms with E-state index in [4.69, 9.17) is 0 Å². The van der Waals surface area contributed by atoms with Crippen LogP contribution in [0.2, 0.25) is 0 Å². The highest BCUT2D eigenvalue weighted by Gasteiger charge is 2.14. The van der Waals surface area contributed by atoms with E-state index < -0.39 is 0 Å². The number of aliphatic imine (C=N–C) groups is 1. The largest absolute Gasteiger partial charge is 0.343 e. The molecule has 0 spiro atoms. The topological polar surface area (TPSA) is 78.3 Å². The fourth-order valence-electron chi connectivity index (χ4n) is 3.08. The van der Waals surface area contributed by atoms with Gasteiger partial charge in [-0.3, -0.25) is 15.2 Å². The molecular weight excluding hydrogens is 338 g/mol. The minimum absolute atomic E-state index is 0.563. The van der Waals surface area contributed by atoms with Crippen molar-refractivity contribution in [2.75, 3.05) is 18.7 Å². The predicted octanol–water partition coefficient (Wildman–Crippen LogP) is 2.74. The lowest BCUT2D eigenvalue weighted by Gasteiger charge is -2.26. The average Bonchev–Trinajstić information content (AvgIpc) is 2.66. The lowest BCUT2D eigenvalue weighted by molar-refractivity contribution is 0.254. The van der Waals surface area contributed by atoms with Crippen molar-refractivity contribution in [3.05, 3.63) is 59.0 Å². The van der Waals surface area contributed by atoms with E-state index in [9.17, 15) is 0 Å². The zero-order valence-corrected chi connectivity index (χ0v) is 15.8. The van der Waals surface area contributed by atoms with Crippen LogP contribution in [-0.2, 0) is 6.54 Å². The third kappa shape index (κ3) is 3.88. The molecule has 3 heterocycles. The van der Waals surface area contributed by atoms with Gasteiger partial charge in [0, 0.05) is 18.1 Å². The smallest absolute Gasteiger partial charge is 0.230 e. The Bertz CT molecular complexity index is 998. The number of anilines is 1. The molecule has 1 aliphatic heterocycles. The van der Waals surface area contributed by atoms with Crippen LogP contribution in [-0.4, -0.2) is 39.1 Å². The number of aryl methyl sites for hydroxylation is 3. The van der Waals surface area contributed by atoms with E-state index >= 15 is 0 Å². The number of pyridine rings is 1. The standard InChI is InChI=1S/C20H23N7/c1-13-8-17-15(3)24-20(25-18(17)9-14(13)2)26-19-22-11-27(12-23-19)10-16-6-4-5-7-21-16/h4-9H,10-12H2,1-3H3,(H2,22,23,24,25,26). The number of fused-ring (bicyclic) bond motifs is 1. The maximum absolute atomic E-state index is 4.65. The first-order chi connectivity index (χ1) is 13.1. The molecule has 3 aromatic rings. The van der Waals surface area contributed by atoms with Crippen LogP contribution in [0, 0.1) is 20.8 Å². The first kappa shape index (κ1) is 17.4. The number of rotatable bonds is 3. The van der Waals surface area contributed by atoms with Gasteiger partial charge in [0.1, 0.15) is 0 Å². The summed E-state index contributed by atoms with van der Waals surface area (Å²) in [5.74, 6) is 1.25. The van der Waals surface area contributed by atoms with E-state index in [2.05, 4.69) is 61.5 Å². The number of benzene rings is 1. The summed E-state index contributed by atoms with van der Waals surface area (Å²) in [6, 6.07) is 10.2. The zero-order valence-electron chi connectivity index (χ0n) is 15.8. The molecule has 1 aromatic carbocycles. The molecule has 1 aliphatic rings. The Hall–Kier alpha value is -3.06. The lowest BCUT2D eigenvalue weighted by Crippen LogP contribution is -2.45. The molecule has 27 heavy (non-hydrogen) atoms. The molecule has 0 unspecified atom stereocenters. The molecule has 2 N–H and O–H groups in total. The summed E-state index contributed by atoms with van der Waals surface area (Å²) in [5.41, 5.74) is 5.41. The quantitative estimate of drug-likeness (QED) is 0.747. The van der Waals surface area contributed by atoms with E-state index in [0.29, 0.717) is 25.2 Å². The van der Waals surface area contributed by atoms with Gasteiger partial charge in [-0.1, -0.05) is 6.07 Å². The summed E-state index contributed by atoms with van der Waals surface area (Å²) in [6.07, 6.45) is 1.81. The van der Waals surface area contributed by atoms with Crippen molar-refractivity contribution < 1.29 is 0 Å². The average molecular weight is 361 g/mol. The van der Waals surface area contributed by atoms with Crippen molar-refractivity contribution in [1.82, 2.24) is 25.2 Å². The molecular formula is C20H23N7. The first-order valence-corrected chi connectivity index (χ1v) is 9.02. The van der Waals surface area contributed by atoms with Crippen molar-refractivity contribution in [1.29, 1.82) is 0 Å².